The Hall–Kier alpha value is -3.42. The standard InChI is InChI=1S/C21H21FN4O3/c1-29-16-10-6-14(7-11-16)19-24-25(21(28)26(19)15-8-9-15)13-12-23-20(27)17-4-2-3-5-18(17)22/h2-7,10-11,15H,8-9,12-13H2,1H3,(H,23,27). The lowest BCUT2D eigenvalue weighted by molar-refractivity contribution is 0.0947. The summed E-state index contributed by atoms with van der Waals surface area (Å²) in [6.45, 7) is 0.360. The van der Waals surface area contributed by atoms with Crippen LogP contribution in [0.3, 0.4) is 0 Å². The average Bonchev–Trinajstić information content (AvgIpc) is 3.52. The SMILES string of the molecule is COc1ccc(-c2nn(CCNC(=O)c3ccccc3F)c(=O)n2C2CC2)cc1. The topological polar surface area (TPSA) is 78.2 Å². The van der Waals surface area contributed by atoms with Crippen LogP contribution in [-0.4, -0.2) is 33.9 Å². The van der Waals surface area contributed by atoms with Crippen molar-refractivity contribution < 1.29 is 13.9 Å². The average molecular weight is 396 g/mol. The van der Waals surface area contributed by atoms with E-state index in [1.165, 1.54) is 22.9 Å². The Morgan fingerprint density at radius 2 is 1.93 bits per heavy atom. The molecule has 0 atom stereocenters. The first-order valence-corrected chi connectivity index (χ1v) is 9.45. The number of methoxy groups -OCH3 is 1. The molecule has 1 aliphatic carbocycles. The van der Waals surface area contributed by atoms with Crippen LogP contribution >= 0.6 is 0 Å². The summed E-state index contributed by atoms with van der Waals surface area (Å²) in [4.78, 5) is 25.0. The van der Waals surface area contributed by atoms with Gasteiger partial charge in [0, 0.05) is 18.2 Å². The quantitative estimate of drug-likeness (QED) is 0.666. The summed E-state index contributed by atoms with van der Waals surface area (Å²) < 4.78 is 21.9. The first-order chi connectivity index (χ1) is 14.1. The lowest BCUT2D eigenvalue weighted by Crippen LogP contribution is -2.32. The molecule has 150 valence electrons. The van der Waals surface area contributed by atoms with Crippen LogP contribution in [-0.2, 0) is 6.54 Å². The number of nitrogens with zero attached hydrogens (tertiary/aromatic N) is 3. The minimum absolute atomic E-state index is 0.0257. The van der Waals surface area contributed by atoms with Gasteiger partial charge in [-0.25, -0.2) is 13.9 Å². The Bertz CT molecular complexity index is 1080. The summed E-state index contributed by atoms with van der Waals surface area (Å²) in [6.07, 6.45) is 1.89. The monoisotopic (exact) mass is 396 g/mol. The minimum Gasteiger partial charge on any atom is -0.497 e. The van der Waals surface area contributed by atoms with Gasteiger partial charge in [-0.15, -0.1) is 5.10 Å². The van der Waals surface area contributed by atoms with Crippen LogP contribution in [0.4, 0.5) is 4.39 Å². The van der Waals surface area contributed by atoms with Crippen LogP contribution in [0.2, 0.25) is 0 Å². The summed E-state index contributed by atoms with van der Waals surface area (Å²) in [5.41, 5.74) is 0.588. The second kappa shape index (κ2) is 7.90. The molecule has 7 nitrogen and oxygen atoms in total. The Labute approximate surface area is 166 Å². The summed E-state index contributed by atoms with van der Waals surface area (Å²) in [7, 11) is 1.60. The third-order valence-electron chi connectivity index (χ3n) is 4.86. The number of hydrogen-bond acceptors (Lipinski definition) is 4. The van der Waals surface area contributed by atoms with Crippen LogP contribution < -0.4 is 15.7 Å². The minimum atomic E-state index is -0.582. The number of ether oxygens (including phenoxy) is 1. The van der Waals surface area contributed by atoms with E-state index in [2.05, 4.69) is 10.4 Å². The Morgan fingerprint density at radius 1 is 1.21 bits per heavy atom. The molecule has 1 heterocycles. The Balaban J connectivity index is 1.51. The van der Waals surface area contributed by atoms with Gasteiger partial charge in [0.15, 0.2) is 5.82 Å². The van der Waals surface area contributed by atoms with Crippen molar-refractivity contribution in [2.24, 2.45) is 0 Å². The van der Waals surface area contributed by atoms with Crippen molar-refractivity contribution >= 4 is 5.91 Å². The van der Waals surface area contributed by atoms with E-state index in [1.807, 2.05) is 24.3 Å². The van der Waals surface area contributed by atoms with E-state index < -0.39 is 11.7 Å². The van der Waals surface area contributed by atoms with Crippen molar-refractivity contribution in [3.8, 4) is 17.1 Å². The molecule has 0 unspecified atom stereocenters. The highest BCUT2D eigenvalue weighted by molar-refractivity contribution is 5.94. The van der Waals surface area contributed by atoms with E-state index in [4.69, 9.17) is 4.74 Å². The van der Waals surface area contributed by atoms with Gasteiger partial charge in [0.25, 0.3) is 5.91 Å². The molecule has 29 heavy (non-hydrogen) atoms. The Morgan fingerprint density at radius 3 is 2.59 bits per heavy atom. The molecule has 0 bridgehead atoms. The molecule has 1 N–H and O–H groups in total. The van der Waals surface area contributed by atoms with Gasteiger partial charge >= 0.3 is 5.69 Å². The summed E-state index contributed by atoms with van der Waals surface area (Å²) in [5.74, 6) is 0.222. The van der Waals surface area contributed by atoms with Crippen LogP contribution in [0.5, 0.6) is 5.75 Å². The van der Waals surface area contributed by atoms with Crippen molar-refractivity contribution in [1.82, 2.24) is 19.7 Å². The van der Waals surface area contributed by atoms with Crippen LogP contribution in [0.25, 0.3) is 11.4 Å². The van der Waals surface area contributed by atoms with Gasteiger partial charge in [0.05, 0.1) is 19.2 Å². The summed E-state index contributed by atoms with van der Waals surface area (Å²) >= 11 is 0. The summed E-state index contributed by atoms with van der Waals surface area (Å²) in [6, 6.07) is 13.3. The predicted molar refractivity (Wildman–Crippen MR) is 105 cm³/mol. The fraction of sp³-hybridized carbons (Fsp3) is 0.286. The molecule has 0 aliphatic heterocycles. The molecular weight excluding hydrogens is 375 g/mol. The van der Waals surface area contributed by atoms with Gasteiger partial charge in [-0.3, -0.25) is 9.36 Å². The molecule has 1 aliphatic rings. The van der Waals surface area contributed by atoms with E-state index in [1.54, 1.807) is 17.7 Å². The molecule has 8 heteroatoms. The normalized spacial score (nSPS) is 13.3. The maximum Gasteiger partial charge on any atom is 0.346 e. The van der Waals surface area contributed by atoms with Crippen molar-refractivity contribution in [1.29, 1.82) is 0 Å². The molecular formula is C21H21FN4O3. The van der Waals surface area contributed by atoms with E-state index in [-0.39, 0.29) is 30.4 Å². The maximum absolute atomic E-state index is 13.7. The lowest BCUT2D eigenvalue weighted by atomic mass is 10.2. The molecule has 1 amide bonds. The fourth-order valence-electron chi connectivity index (χ4n) is 3.18. The van der Waals surface area contributed by atoms with Gasteiger partial charge < -0.3 is 10.1 Å². The smallest absolute Gasteiger partial charge is 0.346 e. The van der Waals surface area contributed by atoms with Crippen molar-refractivity contribution in [2.75, 3.05) is 13.7 Å². The van der Waals surface area contributed by atoms with Crippen molar-refractivity contribution in [2.45, 2.75) is 25.4 Å². The van der Waals surface area contributed by atoms with E-state index >= 15 is 0 Å². The zero-order valence-electron chi connectivity index (χ0n) is 16.0. The highest BCUT2D eigenvalue weighted by Crippen LogP contribution is 2.36. The van der Waals surface area contributed by atoms with Gasteiger partial charge in [-0.2, -0.15) is 0 Å². The predicted octanol–water partition coefficient (Wildman–Crippen LogP) is 2.62. The molecule has 0 radical (unpaired) electrons. The van der Waals surface area contributed by atoms with E-state index in [0.717, 1.165) is 24.2 Å². The van der Waals surface area contributed by atoms with Gasteiger partial charge in [0.2, 0.25) is 0 Å². The van der Waals surface area contributed by atoms with Crippen LogP contribution in [0.1, 0.15) is 29.2 Å². The number of halogens is 1. The molecule has 4 rings (SSSR count). The van der Waals surface area contributed by atoms with E-state index in [9.17, 15) is 14.0 Å². The molecule has 0 spiro atoms. The highest BCUT2D eigenvalue weighted by atomic mass is 19.1. The third-order valence-corrected chi connectivity index (χ3v) is 4.86. The fourth-order valence-corrected chi connectivity index (χ4v) is 3.18. The Kier molecular flexibility index (Phi) is 5.16. The third kappa shape index (κ3) is 3.91. The molecule has 1 saturated carbocycles. The van der Waals surface area contributed by atoms with E-state index in [0.29, 0.717) is 5.82 Å². The van der Waals surface area contributed by atoms with Gasteiger partial charge in [-0.1, -0.05) is 12.1 Å². The highest BCUT2D eigenvalue weighted by Gasteiger charge is 2.30. The molecule has 0 saturated heterocycles. The molecule has 1 fully saturated rings. The molecule has 3 aromatic rings. The molecule has 2 aromatic carbocycles. The number of benzene rings is 2. The second-order valence-corrected chi connectivity index (χ2v) is 6.89. The van der Waals surface area contributed by atoms with Crippen LogP contribution in [0.15, 0.2) is 53.3 Å². The first-order valence-electron chi connectivity index (χ1n) is 9.45. The zero-order chi connectivity index (χ0) is 20.4. The lowest BCUT2D eigenvalue weighted by Gasteiger charge is -2.05. The number of amides is 1. The zero-order valence-corrected chi connectivity index (χ0v) is 16.0. The number of carbonyl (C=O) groups excluding carboxylic acids is 1. The largest absolute Gasteiger partial charge is 0.497 e. The van der Waals surface area contributed by atoms with Crippen molar-refractivity contribution in [3.05, 3.63) is 70.4 Å². The van der Waals surface area contributed by atoms with Crippen LogP contribution in [0, 0.1) is 5.82 Å². The number of nitrogens with one attached hydrogen (secondary N) is 1. The van der Waals surface area contributed by atoms with Gasteiger partial charge in [-0.05, 0) is 49.2 Å². The summed E-state index contributed by atoms with van der Waals surface area (Å²) in [5, 5.41) is 7.12. The number of hydrogen-bond donors (Lipinski definition) is 1. The first kappa shape index (κ1) is 18.9. The number of carbonyl (C=O) groups is 1. The number of aromatic nitrogens is 3. The maximum atomic E-state index is 13.7. The second-order valence-electron chi connectivity index (χ2n) is 6.89. The number of rotatable bonds is 7. The van der Waals surface area contributed by atoms with Crippen molar-refractivity contribution in [3.63, 3.8) is 0 Å². The molecule has 1 aromatic heterocycles. The van der Waals surface area contributed by atoms with Gasteiger partial charge in [0.1, 0.15) is 11.6 Å².